The summed E-state index contributed by atoms with van der Waals surface area (Å²) in [5.74, 6) is -1.72. The first-order valence-corrected chi connectivity index (χ1v) is 13.9. The summed E-state index contributed by atoms with van der Waals surface area (Å²) in [5.41, 5.74) is 0. The molecule has 1 aliphatic heterocycles. The highest BCUT2D eigenvalue weighted by Crippen LogP contribution is 2.15. The molecule has 0 amide bonds. The molecule has 1 fully saturated rings. The van der Waals surface area contributed by atoms with E-state index in [0.717, 1.165) is 0 Å². The predicted octanol–water partition coefficient (Wildman–Crippen LogP) is -0.248. The van der Waals surface area contributed by atoms with Gasteiger partial charge in [0.1, 0.15) is 49.6 Å². The average Bonchev–Trinajstić information content (AvgIpc) is 3.84. The number of nitrogens with zero attached hydrogens (tertiary/aromatic N) is 16. The van der Waals surface area contributed by atoms with Crippen LogP contribution in [-0.4, -0.2) is 111 Å². The summed E-state index contributed by atoms with van der Waals surface area (Å²) in [4.78, 5) is 59.7. The Morgan fingerprint density at radius 2 is 0.630 bits per heavy atom. The van der Waals surface area contributed by atoms with Crippen LogP contribution in [0, 0.1) is 40.5 Å². The van der Waals surface area contributed by atoms with Crippen LogP contribution in [0.4, 0.5) is 23.8 Å². The Hall–Kier alpha value is -6.36. The second-order valence-corrected chi connectivity index (χ2v) is 9.84. The normalized spacial score (nSPS) is 15.5. The van der Waals surface area contributed by atoms with Crippen molar-refractivity contribution in [2.45, 2.75) is 12.8 Å². The maximum Gasteiger partial charge on any atom is 0.456 e. The van der Waals surface area contributed by atoms with E-state index >= 15 is 0 Å². The Morgan fingerprint density at radius 3 is 0.826 bits per heavy atom. The predicted molar refractivity (Wildman–Crippen MR) is 157 cm³/mol. The van der Waals surface area contributed by atoms with Crippen LogP contribution in [0.1, 0.15) is 12.8 Å². The van der Waals surface area contributed by atoms with E-state index in [9.17, 15) is 40.5 Å². The quantitative estimate of drug-likeness (QED) is 0.177. The molecule has 1 aliphatic rings. The molecule has 0 radical (unpaired) electrons. The van der Waals surface area contributed by atoms with Gasteiger partial charge in [-0.3, -0.25) is 20.0 Å². The van der Waals surface area contributed by atoms with Crippen LogP contribution < -0.4 is 20.0 Å². The molecule has 0 aliphatic carbocycles. The van der Waals surface area contributed by atoms with Crippen LogP contribution in [0.2, 0.25) is 0 Å². The van der Waals surface area contributed by atoms with Crippen molar-refractivity contribution in [1.29, 1.82) is 0 Å². The highest BCUT2D eigenvalue weighted by molar-refractivity contribution is 5.17. The lowest BCUT2D eigenvalue weighted by molar-refractivity contribution is -0.397. The third-order valence-electron chi connectivity index (χ3n) is 7.18. The van der Waals surface area contributed by atoms with E-state index in [4.69, 9.17) is 0 Å². The standard InChI is InChI=1S/C22H28N16O8/c39-35(40)19-23-3-11-31(19)27-7-1-8-28(32-12-4-24-20(32)36(41)42)16-18-30(34-14-6-26-22(34)38(45)46)10-2-9-29(17-15-27)33-13-5-25-21(33)37(43)44/h3-6,11-14H,1-2,7-10,15-18H2. The minimum atomic E-state index is -0.630. The summed E-state index contributed by atoms with van der Waals surface area (Å²) < 4.78 is 5.15. The van der Waals surface area contributed by atoms with Crippen molar-refractivity contribution in [2.24, 2.45) is 0 Å². The Balaban J connectivity index is 1.50. The number of hydrogen-bond acceptors (Lipinski definition) is 16. The summed E-state index contributed by atoms with van der Waals surface area (Å²) in [6, 6.07) is 0. The lowest BCUT2D eigenvalue weighted by atomic mass is 10.3. The third-order valence-corrected chi connectivity index (χ3v) is 7.18. The van der Waals surface area contributed by atoms with E-state index in [1.165, 1.54) is 68.3 Å². The van der Waals surface area contributed by atoms with Gasteiger partial charge in [-0.25, -0.2) is 0 Å². The molecule has 0 unspecified atom stereocenters. The van der Waals surface area contributed by atoms with Crippen molar-refractivity contribution in [3.8, 4) is 0 Å². The van der Waals surface area contributed by atoms with Gasteiger partial charge in [0.15, 0.2) is 0 Å². The number of nitro groups is 4. The summed E-state index contributed by atoms with van der Waals surface area (Å²) in [5, 5.41) is 53.5. The maximum absolute atomic E-state index is 11.7. The van der Waals surface area contributed by atoms with Gasteiger partial charge in [-0.1, -0.05) is 19.9 Å². The summed E-state index contributed by atoms with van der Waals surface area (Å²) in [7, 11) is 0. The molecular formula is C22H28N16O8. The van der Waals surface area contributed by atoms with Crippen molar-refractivity contribution < 1.29 is 19.7 Å². The average molecular weight is 645 g/mol. The van der Waals surface area contributed by atoms with Crippen LogP contribution in [0.3, 0.4) is 0 Å². The van der Waals surface area contributed by atoms with Gasteiger partial charge in [-0.15, -0.1) is 18.7 Å². The number of hydrogen-bond donors (Lipinski definition) is 0. The summed E-state index contributed by atoms with van der Waals surface area (Å²) in [6.07, 6.45) is 11.5. The Bertz CT molecular complexity index is 1450. The first-order valence-electron chi connectivity index (χ1n) is 13.9. The van der Waals surface area contributed by atoms with E-state index < -0.39 is 43.5 Å². The van der Waals surface area contributed by atoms with Crippen LogP contribution in [0.15, 0.2) is 49.6 Å². The lowest BCUT2D eigenvalue weighted by Gasteiger charge is -2.31. The summed E-state index contributed by atoms with van der Waals surface area (Å²) >= 11 is 0. The lowest BCUT2D eigenvalue weighted by Crippen LogP contribution is -2.50. The van der Waals surface area contributed by atoms with Crippen molar-refractivity contribution in [1.82, 2.24) is 38.6 Å². The van der Waals surface area contributed by atoms with Crippen molar-refractivity contribution in [3.63, 3.8) is 0 Å². The maximum atomic E-state index is 11.7. The topological polar surface area (TPSA) is 257 Å². The van der Waals surface area contributed by atoms with Gasteiger partial charge in [0, 0.05) is 26.2 Å². The molecule has 0 saturated carbocycles. The number of rotatable bonds is 8. The van der Waals surface area contributed by atoms with Crippen molar-refractivity contribution in [3.05, 3.63) is 90.0 Å². The van der Waals surface area contributed by atoms with Gasteiger partial charge in [0.25, 0.3) is 0 Å². The van der Waals surface area contributed by atoms with E-state index in [1.54, 1.807) is 20.0 Å². The van der Waals surface area contributed by atoms with Gasteiger partial charge in [-0.2, -0.15) is 0 Å². The van der Waals surface area contributed by atoms with Crippen LogP contribution in [0.5, 0.6) is 0 Å². The fourth-order valence-electron chi connectivity index (χ4n) is 5.20. The van der Waals surface area contributed by atoms with Crippen LogP contribution in [-0.2, 0) is 0 Å². The van der Waals surface area contributed by atoms with Crippen LogP contribution in [0.25, 0.3) is 0 Å². The molecule has 46 heavy (non-hydrogen) atoms. The minimum Gasteiger partial charge on any atom is -0.390 e. The molecule has 0 aromatic carbocycles. The number of imidazole rings is 4. The zero-order valence-electron chi connectivity index (χ0n) is 24.1. The molecule has 5 rings (SSSR count). The zero-order valence-corrected chi connectivity index (χ0v) is 24.1. The third kappa shape index (κ3) is 6.58. The van der Waals surface area contributed by atoms with Gasteiger partial charge < -0.3 is 40.5 Å². The molecule has 4 aromatic heterocycles. The first-order chi connectivity index (χ1) is 22.2. The highest BCUT2D eigenvalue weighted by atomic mass is 16.6. The Morgan fingerprint density at radius 1 is 0.413 bits per heavy atom. The first kappa shape index (κ1) is 31.1. The molecule has 1 saturated heterocycles. The molecule has 5 heterocycles. The van der Waals surface area contributed by atoms with Crippen molar-refractivity contribution >= 4 is 23.8 Å². The van der Waals surface area contributed by atoms with Gasteiger partial charge in [0.05, 0.1) is 26.2 Å². The molecule has 0 bridgehead atoms. The fraction of sp³-hybridized carbons (Fsp3) is 0.455. The Kier molecular flexibility index (Phi) is 9.13. The fourth-order valence-corrected chi connectivity index (χ4v) is 5.20. The molecule has 24 nitrogen and oxygen atoms in total. The van der Waals surface area contributed by atoms with E-state index in [-0.39, 0.29) is 52.4 Å². The summed E-state index contributed by atoms with van der Waals surface area (Å²) in [6.45, 7) is 1.45. The van der Waals surface area contributed by atoms with E-state index in [1.807, 2.05) is 0 Å². The minimum absolute atomic E-state index is 0.147. The number of aromatic nitrogens is 8. The molecule has 0 atom stereocenters. The van der Waals surface area contributed by atoms with Gasteiger partial charge in [-0.05, 0) is 32.5 Å². The largest absolute Gasteiger partial charge is 0.456 e. The van der Waals surface area contributed by atoms with Crippen LogP contribution >= 0.6 is 0 Å². The molecular weight excluding hydrogens is 616 g/mol. The zero-order chi connectivity index (χ0) is 32.8. The molecule has 244 valence electrons. The van der Waals surface area contributed by atoms with Crippen molar-refractivity contribution in [2.75, 3.05) is 72.4 Å². The molecule has 0 spiro atoms. The molecule has 0 N–H and O–H groups in total. The van der Waals surface area contributed by atoms with Gasteiger partial charge >= 0.3 is 23.8 Å². The van der Waals surface area contributed by atoms with E-state index in [2.05, 4.69) is 19.9 Å². The second kappa shape index (κ2) is 13.5. The Labute approximate surface area is 257 Å². The molecule has 4 aromatic rings. The second-order valence-electron chi connectivity index (χ2n) is 9.84. The smallest absolute Gasteiger partial charge is 0.390 e. The van der Waals surface area contributed by atoms with Gasteiger partial charge in [0.2, 0.25) is 0 Å². The van der Waals surface area contributed by atoms with E-state index in [0.29, 0.717) is 12.8 Å². The molecule has 24 heteroatoms. The SMILES string of the molecule is O=[N+]([O-])c1nccn1N1CCCN(n2ccnc2[N+](=O)[O-])CCN(n2ccnc2[N+](=O)[O-])CCCN(n2ccnc2[N+](=O)[O-])CC1. The highest BCUT2D eigenvalue weighted by Gasteiger charge is 2.28. The monoisotopic (exact) mass is 644 g/mol.